The monoisotopic (exact) mass is 339 g/mol. The van der Waals surface area contributed by atoms with Crippen molar-refractivity contribution in [3.05, 3.63) is 57.7 Å². The van der Waals surface area contributed by atoms with Crippen molar-refractivity contribution in [1.82, 2.24) is 24.4 Å². The lowest BCUT2D eigenvalue weighted by Crippen LogP contribution is -2.22. The van der Waals surface area contributed by atoms with Crippen LogP contribution in [0.3, 0.4) is 0 Å². The van der Waals surface area contributed by atoms with Crippen LogP contribution in [0.5, 0.6) is 0 Å². The van der Waals surface area contributed by atoms with Gasteiger partial charge in [0.2, 0.25) is 5.89 Å². The highest BCUT2D eigenvalue weighted by Crippen LogP contribution is 2.35. The van der Waals surface area contributed by atoms with Gasteiger partial charge in [-0.15, -0.1) is 0 Å². The zero-order valence-corrected chi connectivity index (χ0v) is 14.5. The topological polar surface area (TPSA) is 76.5 Å². The van der Waals surface area contributed by atoms with Gasteiger partial charge in [-0.25, -0.2) is 4.98 Å². The second-order valence-corrected chi connectivity index (χ2v) is 6.87. The van der Waals surface area contributed by atoms with Gasteiger partial charge in [0.05, 0.1) is 12.2 Å². The van der Waals surface area contributed by atoms with Crippen LogP contribution in [0.1, 0.15) is 48.2 Å². The van der Waals surface area contributed by atoms with Crippen LogP contribution in [0.25, 0.3) is 5.65 Å². The zero-order valence-electron chi connectivity index (χ0n) is 14.5. The molecule has 25 heavy (non-hydrogen) atoms. The molecule has 0 saturated heterocycles. The predicted molar refractivity (Wildman–Crippen MR) is 92.3 cm³/mol. The summed E-state index contributed by atoms with van der Waals surface area (Å²) in [4.78, 5) is 23.4. The van der Waals surface area contributed by atoms with Gasteiger partial charge >= 0.3 is 0 Å². The molecule has 7 nitrogen and oxygen atoms in total. The summed E-state index contributed by atoms with van der Waals surface area (Å²) in [6, 6.07) is 5.40. The van der Waals surface area contributed by atoms with Gasteiger partial charge in [-0.3, -0.25) is 14.1 Å². The zero-order chi connectivity index (χ0) is 17.4. The second kappa shape index (κ2) is 6.40. The Morgan fingerprint density at radius 3 is 2.88 bits per heavy atom. The van der Waals surface area contributed by atoms with E-state index in [1.807, 2.05) is 31.0 Å². The van der Waals surface area contributed by atoms with E-state index in [-0.39, 0.29) is 5.56 Å². The van der Waals surface area contributed by atoms with Gasteiger partial charge in [-0.05, 0) is 38.4 Å². The highest BCUT2D eigenvalue weighted by Gasteiger charge is 2.25. The molecule has 1 aliphatic carbocycles. The molecule has 0 unspecified atom stereocenters. The molecule has 7 heteroatoms. The molecule has 3 aromatic rings. The number of pyridine rings is 1. The van der Waals surface area contributed by atoms with Crippen molar-refractivity contribution < 1.29 is 4.52 Å². The van der Waals surface area contributed by atoms with Crippen molar-refractivity contribution in [2.45, 2.75) is 45.2 Å². The quantitative estimate of drug-likeness (QED) is 0.710. The molecule has 1 aliphatic rings. The van der Waals surface area contributed by atoms with Gasteiger partial charge < -0.3 is 4.52 Å². The lowest BCUT2D eigenvalue weighted by molar-refractivity contribution is 0.280. The summed E-state index contributed by atoms with van der Waals surface area (Å²) >= 11 is 0. The van der Waals surface area contributed by atoms with Crippen LogP contribution in [-0.2, 0) is 13.1 Å². The van der Waals surface area contributed by atoms with Crippen LogP contribution in [0.2, 0.25) is 0 Å². The molecule has 0 amide bonds. The van der Waals surface area contributed by atoms with Gasteiger partial charge in [-0.1, -0.05) is 17.6 Å². The number of aromatic nitrogens is 4. The largest absolute Gasteiger partial charge is 0.339 e. The van der Waals surface area contributed by atoms with Gasteiger partial charge in [-0.2, -0.15) is 4.98 Å². The van der Waals surface area contributed by atoms with Crippen molar-refractivity contribution in [1.29, 1.82) is 0 Å². The Labute approximate surface area is 145 Å². The van der Waals surface area contributed by atoms with Crippen LogP contribution < -0.4 is 5.56 Å². The van der Waals surface area contributed by atoms with E-state index in [1.54, 1.807) is 16.7 Å². The molecule has 1 fully saturated rings. The Bertz CT molecular complexity index is 957. The Morgan fingerprint density at radius 2 is 2.12 bits per heavy atom. The molecule has 0 radical (unpaired) electrons. The van der Waals surface area contributed by atoms with Crippen LogP contribution in [0.4, 0.5) is 0 Å². The van der Waals surface area contributed by atoms with E-state index in [9.17, 15) is 4.79 Å². The fraction of sp³-hybridized carbons (Fsp3) is 0.444. The first-order chi connectivity index (χ1) is 12.1. The lowest BCUT2D eigenvalue weighted by atomic mass is 9.85. The van der Waals surface area contributed by atoms with Crippen LogP contribution in [0, 0.1) is 6.92 Å². The van der Waals surface area contributed by atoms with E-state index in [2.05, 4.69) is 15.1 Å². The molecular formula is C18H21N5O2. The Balaban J connectivity index is 1.47. The Morgan fingerprint density at radius 1 is 1.28 bits per heavy atom. The molecule has 0 atom stereocenters. The summed E-state index contributed by atoms with van der Waals surface area (Å²) < 4.78 is 6.92. The third kappa shape index (κ3) is 3.32. The molecule has 3 aromatic heterocycles. The van der Waals surface area contributed by atoms with Crippen LogP contribution in [0.15, 0.2) is 33.7 Å². The third-order valence-electron chi connectivity index (χ3n) is 4.64. The summed E-state index contributed by atoms with van der Waals surface area (Å²) in [6.45, 7) is 3.06. The second-order valence-electron chi connectivity index (χ2n) is 6.87. The van der Waals surface area contributed by atoms with E-state index >= 15 is 0 Å². The maximum Gasteiger partial charge on any atom is 0.258 e. The minimum Gasteiger partial charge on any atom is -0.339 e. The number of nitrogens with zero attached hydrogens (tertiary/aromatic N) is 5. The maximum atomic E-state index is 12.3. The van der Waals surface area contributed by atoms with Gasteiger partial charge in [0.25, 0.3) is 5.56 Å². The maximum absolute atomic E-state index is 12.3. The van der Waals surface area contributed by atoms with Crippen molar-refractivity contribution in [3.63, 3.8) is 0 Å². The number of aryl methyl sites for hydroxylation is 1. The molecule has 4 rings (SSSR count). The fourth-order valence-electron chi connectivity index (χ4n) is 3.07. The minimum absolute atomic E-state index is 0.0658. The van der Waals surface area contributed by atoms with Crippen LogP contribution in [-0.4, -0.2) is 31.5 Å². The number of fused-ring (bicyclic) bond motifs is 1. The molecule has 130 valence electrons. The number of hydrogen-bond acceptors (Lipinski definition) is 6. The van der Waals surface area contributed by atoms with E-state index in [1.165, 1.54) is 6.42 Å². The summed E-state index contributed by atoms with van der Waals surface area (Å²) in [5.74, 6) is 1.88. The van der Waals surface area contributed by atoms with E-state index in [4.69, 9.17) is 4.52 Å². The number of rotatable bonds is 5. The average molecular weight is 339 g/mol. The van der Waals surface area contributed by atoms with E-state index in [0.29, 0.717) is 30.5 Å². The molecule has 0 aliphatic heterocycles. The first-order valence-corrected chi connectivity index (χ1v) is 8.58. The summed E-state index contributed by atoms with van der Waals surface area (Å²) in [6.07, 6.45) is 5.33. The lowest BCUT2D eigenvalue weighted by Gasteiger charge is -2.20. The molecule has 0 aromatic carbocycles. The van der Waals surface area contributed by atoms with Crippen molar-refractivity contribution in [3.8, 4) is 0 Å². The first-order valence-electron chi connectivity index (χ1n) is 8.58. The van der Waals surface area contributed by atoms with Crippen molar-refractivity contribution >= 4 is 5.65 Å². The fourth-order valence-corrected chi connectivity index (χ4v) is 3.07. The smallest absolute Gasteiger partial charge is 0.258 e. The molecule has 3 heterocycles. The number of hydrogen-bond donors (Lipinski definition) is 0. The molecule has 0 N–H and O–H groups in total. The molecular weight excluding hydrogens is 318 g/mol. The SMILES string of the molecule is Cc1ccc2nc(CN(C)Cc3noc(C4CCC4)n3)cc(=O)n2c1. The minimum atomic E-state index is -0.0658. The van der Waals surface area contributed by atoms with E-state index < -0.39 is 0 Å². The molecule has 0 bridgehead atoms. The first kappa shape index (κ1) is 16.0. The van der Waals surface area contributed by atoms with Gasteiger partial charge in [0.15, 0.2) is 5.82 Å². The van der Waals surface area contributed by atoms with Crippen molar-refractivity contribution in [2.24, 2.45) is 0 Å². The summed E-state index contributed by atoms with van der Waals surface area (Å²) in [5.41, 5.74) is 2.36. The molecule has 1 saturated carbocycles. The van der Waals surface area contributed by atoms with Crippen molar-refractivity contribution in [2.75, 3.05) is 7.05 Å². The third-order valence-corrected chi connectivity index (χ3v) is 4.64. The standard InChI is InChI=1S/C18H21N5O2/c1-12-6-7-16-19-14(8-17(24)23(16)9-12)10-22(2)11-15-20-18(25-21-15)13-4-3-5-13/h6-9,13H,3-5,10-11H2,1-2H3. The summed E-state index contributed by atoms with van der Waals surface area (Å²) in [7, 11) is 1.96. The highest BCUT2D eigenvalue weighted by atomic mass is 16.5. The highest BCUT2D eigenvalue weighted by molar-refractivity contribution is 5.39. The predicted octanol–water partition coefficient (Wildman–Crippen LogP) is 2.29. The normalized spacial score (nSPS) is 15.0. The average Bonchev–Trinajstić information content (AvgIpc) is 2.94. The summed E-state index contributed by atoms with van der Waals surface area (Å²) in [5, 5.41) is 4.06. The van der Waals surface area contributed by atoms with Crippen LogP contribution >= 0.6 is 0 Å². The van der Waals surface area contributed by atoms with E-state index in [0.717, 1.165) is 30.0 Å². The van der Waals surface area contributed by atoms with Gasteiger partial charge in [0.1, 0.15) is 5.65 Å². The molecule has 0 spiro atoms. The Kier molecular flexibility index (Phi) is 4.09. The Hall–Kier alpha value is -2.54. The van der Waals surface area contributed by atoms with Gasteiger partial charge in [0, 0.05) is 24.7 Å².